The van der Waals surface area contributed by atoms with Crippen LogP contribution in [0.3, 0.4) is 0 Å². The SMILES string of the molecule is Br.Oc1ccc(F)c2c1CNCC2. The van der Waals surface area contributed by atoms with Crippen LogP contribution in [0.5, 0.6) is 5.75 Å². The molecule has 1 heterocycles. The molecule has 72 valence electrons. The Bertz CT molecular complexity index is 286. The fourth-order valence-corrected chi connectivity index (χ4v) is 1.55. The fraction of sp³-hybridized carbons (Fsp3) is 0.333. The van der Waals surface area contributed by atoms with Gasteiger partial charge in [-0.2, -0.15) is 0 Å². The van der Waals surface area contributed by atoms with Gasteiger partial charge in [0.05, 0.1) is 0 Å². The fourth-order valence-electron chi connectivity index (χ4n) is 1.55. The van der Waals surface area contributed by atoms with Gasteiger partial charge in [0.15, 0.2) is 0 Å². The summed E-state index contributed by atoms with van der Waals surface area (Å²) in [5.74, 6) is -0.0112. The van der Waals surface area contributed by atoms with Crippen LogP contribution >= 0.6 is 17.0 Å². The number of nitrogens with one attached hydrogen (secondary N) is 1. The summed E-state index contributed by atoms with van der Waals surface area (Å²) in [6, 6.07) is 2.72. The lowest BCUT2D eigenvalue weighted by atomic mass is 10.00. The van der Waals surface area contributed by atoms with E-state index in [0.29, 0.717) is 24.1 Å². The highest BCUT2D eigenvalue weighted by molar-refractivity contribution is 8.93. The summed E-state index contributed by atoms with van der Waals surface area (Å²) >= 11 is 0. The number of rotatable bonds is 0. The second-order valence-corrected chi connectivity index (χ2v) is 2.95. The van der Waals surface area contributed by atoms with Gasteiger partial charge >= 0.3 is 0 Å². The first-order chi connectivity index (χ1) is 5.79. The van der Waals surface area contributed by atoms with E-state index in [1.807, 2.05) is 0 Å². The van der Waals surface area contributed by atoms with E-state index >= 15 is 0 Å². The van der Waals surface area contributed by atoms with Crippen LogP contribution in [0.4, 0.5) is 4.39 Å². The molecule has 0 spiro atoms. The molecule has 0 unspecified atom stereocenters. The van der Waals surface area contributed by atoms with Gasteiger partial charge in [0.25, 0.3) is 0 Å². The topological polar surface area (TPSA) is 32.3 Å². The van der Waals surface area contributed by atoms with Crippen molar-refractivity contribution in [2.24, 2.45) is 0 Å². The van der Waals surface area contributed by atoms with Gasteiger partial charge in [0.1, 0.15) is 11.6 Å². The standard InChI is InChI=1S/C9H10FNO.BrH/c10-8-1-2-9(12)7-5-11-4-3-6(7)8;/h1-2,11-12H,3-5H2;1H. The molecule has 0 saturated carbocycles. The number of phenols is 1. The first kappa shape index (κ1) is 10.5. The van der Waals surface area contributed by atoms with Crippen molar-refractivity contribution in [1.29, 1.82) is 0 Å². The van der Waals surface area contributed by atoms with Crippen LogP contribution in [-0.4, -0.2) is 11.7 Å². The Kier molecular flexibility index (Phi) is 3.27. The van der Waals surface area contributed by atoms with E-state index in [1.165, 1.54) is 12.1 Å². The van der Waals surface area contributed by atoms with Gasteiger partial charge in [-0.1, -0.05) is 0 Å². The lowest BCUT2D eigenvalue weighted by Crippen LogP contribution is -2.24. The second-order valence-electron chi connectivity index (χ2n) is 2.95. The maximum Gasteiger partial charge on any atom is 0.127 e. The number of benzene rings is 1. The van der Waals surface area contributed by atoms with Crippen molar-refractivity contribution in [3.05, 3.63) is 29.1 Å². The van der Waals surface area contributed by atoms with Gasteiger partial charge < -0.3 is 10.4 Å². The largest absolute Gasteiger partial charge is 0.508 e. The zero-order valence-corrected chi connectivity index (χ0v) is 8.72. The Morgan fingerprint density at radius 3 is 2.77 bits per heavy atom. The average Bonchev–Trinajstić information content (AvgIpc) is 2.12. The van der Waals surface area contributed by atoms with Crippen LogP contribution in [0, 0.1) is 5.82 Å². The molecular formula is C9H11BrFNO. The molecule has 0 radical (unpaired) electrons. The average molecular weight is 248 g/mol. The van der Waals surface area contributed by atoms with E-state index in [2.05, 4.69) is 5.32 Å². The molecule has 4 heteroatoms. The number of hydrogen-bond acceptors (Lipinski definition) is 2. The van der Waals surface area contributed by atoms with Crippen molar-refractivity contribution in [3.63, 3.8) is 0 Å². The van der Waals surface area contributed by atoms with E-state index < -0.39 is 0 Å². The zero-order valence-electron chi connectivity index (χ0n) is 7.01. The minimum Gasteiger partial charge on any atom is -0.508 e. The molecule has 2 N–H and O–H groups in total. The molecule has 0 amide bonds. The lowest BCUT2D eigenvalue weighted by molar-refractivity contribution is 0.453. The molecule has 1 aliphatic heterocycles. The van der Waals surface area contributed by atoms with E-state index in [4.69, 9.17) is 0 Å². The van der Waals surface area contributed by atoms with Crippen LogP contribution in [0.2, 0.25) is 0 Å². The highest BCUT2D eigenvalue weighted by Crippen LogP contribution is 2.25. The van der Waals surface area contributed by atoms with Gasteiger partial charge in [-0.15, -0.1) is 17.0 Å². The Morgan fingerprint density at radius 1 is 1.31 bits per heavy atom. The number of hydrogen-bond donors (Lipinski definition) is 2. The quantitative estimate of drug-likeness (QED) is 0.733. The second kappa shape index (κ2) is 4.07. The van der Waals surface area contributed by atoms with Gasteiger partial charge in [-0.25, -0.2) is 4.39 Å². The number of fused-ring (bicyclic) bond motifs is 1. The molecule has 1 aromatic carbocycles. The lowest BCUT2D eigenvalue weighted by Gasteiger charge is -2.18. The Hall–Kier alpha value is -0.610. The number of halogens is 2. The van der Waals surface area contributed by atoms with Crippen molar-refractivity contribution in [3.8, 4) is 5.75 Å². The summed E-state index contributed by atoms with van der Waals surface area (Å²) < 4.78 is 13.1. The van der Waals surface area contributed by atoms with Crippen LogP contribution < -0.4 is 5.32 Å². The van der Waals surface area contributed by atoms with Gasteiger partial charge in [0, 0.05) is 12.1 Å². The van der Waals surface area contributed by atoms with Crippen LogP contribution in [0.25, 0.3) is 0 Å². The van der Waals surface area contributed by atoms with Crippen molar-refractivity contribution >= 4 is 17.0 Å². The van der Waals surface area contributed by atoms with E-state index in [0.717, 1.165) is 6.54 Å². The first-order valence-corrected chi connectivity index (χ1v) is 3.99. The summed E-state index contributed by atoms with van der Waals surface area (Å²) in [5.41, 5.74) is 1.37. The molecule has 2 rings (SSSR count). The minimum absolute atomic E-state index is 0. The minimum atomic E-state index is -0.204. The molecule has 0 aliphatic carbocycles. The monoisotopic (exact) mass is 247 g/mol. The van der Waals surface area contributed by atoms with E-state index in [9.17, 15) is 9.50 Å². The van der Waals surface area contributed by atoms with E-state index in [-0.39, 0.29) is 28.5 Å². The third-order valence-corrected chi connectivity index (χ3v) is 2.20. The number of aromatic hydroxyl groups is 1. The third-order valence-electron chi connectivity index (χ3n) is 2.20. The van der Waals surface area contributed by atoms with Gasteiger partial charge in [-0.05, 0) is 30.7 Å². The van der Waals surface area contributed by atoms with Gasteiger partial charge in [-0.3, -0.25) is 0 Å². The molecule has 0 bridgehead atoms. The maximum absolute atomic E-state index is 13.1. The van der Waals surface area contributed by atoms with Crippen molar-refractivity contribution < 1.29 is 9.50 Å². The van der Waals surface area contributed by atoms with Crippen LogP contribution in [-0.2, 0) is 13.0 Å². The van der Waals surface area contributed by atoms with Crippen LogP contribution in [0.15, 0.2) is 12.1 Å². The van der Waals surface area contributed by atoms with Crippen molar-refractivity contribution in [2.45, 2.75) is 13.0 Å². The molecule has 1 aromatic rings. The summed E-state index contributed by atoms with van der Waals surface area (Å²) in [6.45, 7) is 1.35. The smallest absolute Gasteiger partial charge is 0.127 e. The van der Waals surface area contributed by atoms with E-state index in [1.54, 1.807) is 0 Å². The highest BCUT2D eigenvalue weighted by atomic mass is 79.9. The molecule has 2 nitrogen and oxygen atoms in total. The summed E-state index contributed by atoms with van der Waals surface area (Å²) in [7, 11) is 0. The van der Waals surface area contributed by atoms with Crippen molar-refractivity contribution in [1.82, 2.24) is 5.32 Å². The predicted molar refractivity (Wildman–Crippen MR) is 53.8 cm³/mol. The molecule has 0 atom stereocenters. The molecular weight excluding hydrogens is 237 g/mol. The summed E-state index contributed by atoms with van der Waals surface area (Å²) in [4.78, 5) is 0. The zero-order chi connectivity index (χ0) is 8.55. The van der Waals surface area contributed by atoms with Crippen molar-refractivity contribution in [2.75, 3.05) is 6.54 Å². The highest BCUT2D eigenvalue weighted by Gasteiger charge is 2.15. The summed E-state index contributed by atoms with van der Waals surface area (Å²) in [6.07, 6.45) is 0.662. The molecule has 13 heavy (non-hydrogen) atoms. The predicted octanol–water partition coefficient (Wildman–Crippen LogP) is 1.75. The third kappa shape index (κ3) is 1.84. The Morgan fingerprint density at radius 2 is 2.08 bits per heavy atom. The molecule has 0 saturated heterocycles. The normalized spacial score (nSPS) is 14.5. The Balaban J connectivity index is 0.000000845. The van der Waals surface area contributed by atoms with Crippen LogP contribution in [0.1, 0.15) is 11.1 Å². The first-order valence-electron chi connectivity index (χ1n) is 3.99. The van der Waals surface area contributed by atoms with Gasteiger partial charge in [0.2, 0.25) is 0 Å². The molecule has 0 aromatic heterocycles. The summed E-state index contributed by atoms with van der Waals surface area (Å²) in [5, 5.41) is 12.5. The Labute approximate surface area is 86.5 Å². The molecule has 1 aliphatic rings. The molecule has 0 fully saturated rings. The number of phenolic OH excluding ortho intramolecular Hbond substituents is 1. The maximum atomic E-state index is 13.1.